The summed E-state index contributed by atoms with van der Waals surface area (Å²) >= 11 is 6.38. The predicted molar refractivity (Wildman–Crippen MR) is 151 cm³/mol. The minimum absolute atomic E-state index is 0.0674. The first-order chi connectivity index (χ1) is 19.7. The second kappa shape index (κ2) is 13.0. The van der Waals surface area contributed by atoms with E-state index in [1.165, 1.54) is 49.6 Å². The number of halogens is 2. The Morgan fingerprint density at radius 2 is 1.78 bits per heavy atom. The van der Waals surface area contributed by atoms with Gasteiger partial charge in [0.05, 0.1) is 12.1 Å². The molecule has 0 atom stereocenters. The van der Waals surface area contributed by atoms with E-state index in [0.29, 0.717) is 23.4 Å². The maximum atomic E-state index is 13.1. The average molecular weight is 581 g/mol. The predicted octanol–water partition coefficient (Wildman–Crippen LogP) is 4.60. The van der Waals surface area contributed by atoms with E-state index in [1.54, 1.807) is 12.1 Å². The van der Waals surface area contributed by atoms with Gasteiger partial charge in [-0.15, -0.1) is 0 Å². The highest BCUT2D eigenvalue weighted by molar-refractivity contribution is 6.32. The van der Waals surface area contributed by atoms with Crippen molar-refractivity contribution >= 4 is 52.8 Å². The van der Waals surface area contributed by atoms with Gasteiger partial charge in [-0.1, -0.05) is 36.7 Å². The molecule has 41 heavy (non-hydrogen) atoms. The summed E-state index contributed by atoms with van der Waals surface area (Å²) < 4.78 is 24.0. The van der Waals surface area contributed by atoms with Crippen LogP contribution in [-0.4, -0.2) is 48.9 Å². The van der Waals surface area contributed by atoms with E-state index in [0.717, 1.165) is 10.5 Å². The molecule has 0 unspecified atom stereocenters. The van der Waals surface area contributed by atoms with Gasteiger partial charge in [0, 0.05) is 11.4 Å². The summed E-state index contributed by atoms with van der Waals surface area (Å²) in [5, 5.41) is 7.84. The van der Waals surface area contributed by atoms with Crippen LogP contribution in [0.25, 0.3) is 6.08 Å². The minimum Gasteiger partial charge on any atom is -0.493 e. The number of nitrogens with one attached hydrogen (secondary N) is 3. The minimum atomic E-state index is -0.745. The number of benzene rings is 3. The summed E-state index contributed by atoms with van der Waals surface area (Å²) in [7, 11) is 1.37. The van der Waals surface area contributed by atoms with E-state index >= 15 is 0 Å². The Bertz CT molecular complexity index is 1530. The first kappa shape index (κ1) is 29.1. The molecule has 4 rings (SSSR count). The number of hydrogen-bond acceptors (Lipinski definition) is 6. The van der Waals surface area contributed by atoms with Gasteiger partial charge in [0.2, 0.25) is 5.91 Å². The Morgan fingerprint density at radius 1 is 1.05 bits per heavy atom. The Morgan fingerprint density at radius 3 is 2.49 bits per heavy atom. The SMILES string of the molecule is CCc1ccccc1NC(=O)CN1C(=O)N/C(=C/c2cc(Cl)c(OCC(=O)Nc3ccc(F)cc3)c(OC)c2)C1=O. The lowest BCUT2D eigenvalue weighted by molar-refractivity contribution is -0.127. The van der Waals surface area contributed by atoms with E-state index in [4.69, 9.17) is 21.1 Å². The van der Waals surface area contributed by atoms with Gasteiger partial charge in [0.15, 0.2) is 18.1 Å². The number of imide groups is 1. The van der Waals surface area contributed by atoms with E-state index < -0.39 is 42.7 Å². The van der Waals surface area contributed by atoms with Crippen LogP contribution in [0, 0.1) is 5.82 Å². The lowest BCUT2D eigenvalue weighted by Crippen LogP contribution is -2.38. The fourth-order valence-corrected chi connectivity index (χ4v) is 4.27. The molecule has 0 bridgehead atoms. The zero-order chi connectivity index (χ0) is 29.5. The monoisotopic (exact) mass is 580 g/mol. The van der Waals surface area contributed by atoms with Gasteiger partial charge in [-0.3, -0.25) is 14.4 Å². The lowest BCUT2D eigenvalue weighted by atomic mass is 10.1. The third-order valence-corrected chi connectivity index (χ3v) is 6.26. The molecule has 3 N–H and O–H groups in total. The van der Waals surface area contributed by atoms with Crippen LogP contribution in [0.15, 0.2) is 66.4 Å². The van der Waals surface area contributed by atoms with Crippen molar-refractivity contribution in [1.82, 2.24) is 10.2 Å². The first-order valence-electron chi connectivity index (χ1n) is 12.5. The van der Waals surface area contributed by atoms with Crippen molar-refractivity contribution in [3.8, 4) is 11.5 Å². The number of amides is 5. The summed E-state index contributed by atoms with van der Waals surface area (Å²) in [6, 6.07) is 14.7. The van der Waals surface area contributed by atoms with Gasteiger partial charge in [-0.25, -0.2) is 14.1 Å². The molecule has 0 radical (unpaired) electrons. The number of methoxy groups -OCH3 is 1. The molecule has 10 nitrogen and oxygen atoms in total. The zero-order valence-electron chi connectivity index (χ0n) is 22.1. The lowest BCUT2D eigenvalue weighted by Gasteiger charge is -2.14. The summed E-state index contributed by atoms with van der Waals surface area (Å²) in [5.74, 6) is -1.91. The summed E-state index contributed by atoms with van der Waals surface area (Å²) in [4.78, 5) is 51.0. The number of hydrogen-bond donors (Lipinski definition) is 3. The molecule has 1 heterocycles. The number of urea groups is 1. The van der Waals surface area contributed by atoms with Crippen LogP contribution < -0.4 is 25.4 Å². The van der Waals surface area contributed by atoms with Crippen LogP contribution in [0.1, 0.15) is 18.1 Å². The maximum Gasteiger partial charge on any atom is 0.329 e. The largest absolute Gasteiger partial charge is 0.493 e. The average Bonchev–Trinajstić information content (AvgIpc) is 3.20. The molecule has 12 heteroatoms. The summed E-state index contributed by atoms with van der Waals surface area (Å²) in [6.07, 6.45) is 2.08. The van der Waals surface area contributed by atoms with Crippen LogP contribution in [0.5, 0.6) is 11.5 Å². The highest BCUT2D eigenvalue weighted by Gasteiger charge is 2.35. The van der Waals surface area contributed by atoms with Crippen molar-refractivity contribution in [3.63, 3.8) is 0 Å². The van der Waals surface area contributed by atoms with Gasteiger partial charge >= 0.3 is 6.03 Å². The fraction of sp³-hybridized carbons (Fsp3) is 0.172. The van der Waals surface area contributed by atoms with Gasteiger partial charge in [-0.2, -0.15) is 0 Å². The zero-order valence-corrected chi connectivity index (χ0v) is 22.9. The molecule has 3 aromatic carbocycles. The Hall–Kier alpha value is -4.90. The number of para-hydroxylation sites is 1. The van der Waals surface area contributed by atoms with Gasteiger partial charge in [-0.05, 0) is 66.1 Å². The van der Waals surface area contributed by atoms with Crippen LogP contribution in [0.4, 0.5) is 20.6 Å². The van der Waals surface area contributed by atoms with Crippen molar-refractivity contribution in [1.29, 1.82) is 0 Å². The van der Waals surface area contributed by atoms with E-state index in [2.05, 4.69) is 16.0 Å². The van der Waals surface area contributed by atoms with Gasteiger partial charge < -0.3 is 25.4 Å². The molecule has 1 aliphatic heterocycles. The smallest absolute Gasteiger partial charge is 0.329 e. The normalized spacial score (nSPS) is 13.7. The standard InChI is InChI=1S/C29H26ClFN4O6/c1-3-18-6-4-5-7-22(18)33-25(36)15-35-28(38)23(34-29(35)39)13-17-12-21(30)27(24(14-17)40-2)41-16-26(37)32-20-10-8-19(31)9-11-20/h4-14H,3,15-16H2,1-2H3,(H,32,37)(H,33,36)(H,34,39)/b23-13+. The second-order valence-electron chi connectivity index (χ2n) is 8.82. The molecular weight excluding hydrogens is 555 g/mol. The fourth-order valence-electron chi connectivity index (χ4n) is 4.00. The van der Waals surface area contributed by atoms with Crippen molar-refractivity contribution in [2.75, 3.05) is 30.9 Å². The van der Waals surface area contributed by atoms with Crippen molar-refractivity contribution < 1.29 is 33.0 Å². The third-order valence-electron chi connectivity index (χ3n) is 5.97. The van der Waals surface area contributed by atoms with E-state index in [-0.39, 0.29) is 22.2 Å². The molecule has 3 aromatic rings. The molecule has 0 spiro atoms. The quantitative estimate of drug-likeness (QED) is 0.238. The number of ether oxygens (including phenoxy) is 2. The van der Waals surface area contributed by atoms with Gasteiger partial charge in [0.25, 0.3) is 11.8 Å². The number of carbonyl (C=O) groups excluding carboxylic acids is 4. The molecule has 1 saturated heterocycles. The highest BCUT2D eigenvalue weighted by atomic mass is 35.5. The summed E-state index contributed by atoms with van der Waals surface area (Å²) in [5.41, 5.74) is 2.25. The molecule has 1 aliphatic rings. The van der Waals surface area contributed by atoms with E-state index in [9.17, 15) is 23.6 Å². The third kappa shape index (κ3) is 7.20. The van der Waals surface area contributed by atoms with Crippen LogP contribution >= 0.6 is 11.6 Å². The topological polar surface area (TPSA) is 126 Å². The number of rotatable bonds is 10. The molecular formula is C29H26ClFN4O6. The Labute approximate surface area is 240 Å². The Kier molecular flexibility index (Phi) is 9.20. The van der Waals surface area contributed by atoms with Crippen molar-refractivity contribution in [2.24, 2.45) is 0 Å². The van der Waals surface area contributed by atoms with Crippen LogP contribution in [0.2, 0.25) is 5.02 Å². The van der Waals surface area contributed by atoms with E-state index in [1.807, 2.05) is 19.1 Å². The first-order valence-corrected chi connectivity index (χ1v) is 12.8. The maximum absolute atomic E-state index is 13.1. The Balaban J connectivity index is 1.42. The van der Waals surface area contributed by atoms with Crippen LogP contribution in [-0.2, 0) is 20.8 Å². The molecule has 0 saturated carbocycles. The summed E-state index contributed by atoms with van der Waals surface area (Å²) in [6.45, 7) is 1.06. The number of aryl methyl sites for hydroxylation is 1. The molecule has 0 aromatic heterocycles. The molecule has 1 fully saturated rings. The van der Waals surface area contributed by atoms with Crippen molar-refractivity contribution in [2.45, 2.75) is 13.3 Å². The second-order valence-corrected chi connectivity index (χ2v) is 9.22. The molecule has 212 valence electrons. The van der Waals surface area contributed by atoms with Crippen LogP contribution in [0.3, 0.4) is 0 Å². The number of carbonyl (C=O) groups is 4. The van der Waals surface area contributed by atoms with Crippen molar-refractivity contribution in [3.05, 3.63) is 88.3 Å². The number of anilines is 2. The highest BCUT2D eigenvalue weighted by Crippen LogP contribution is 2.37. The van der Waals surface area contributed by atoms with Gasteiger partial charge in [0.1, 0.15) is 18.1 Å². The molecule has 0 aliphatic carbocycles. The molecule has 5 amide bonds. The number of nitrogens with zero attached hydrogens (tertiary/aromatic N) is 1.